The Labute approximate surface area is 196 Å². The molecule has 0 atom stereocenters. The lowest BCUT2D eigenvalue weighted by atomic mass is 10.2. The van der Waals surface area contributed by atoms with Crippen molar-refractivity contribution in [3.8, 4) is 17.4 Å². The fourth-order valence-corrected chi connectivity index (χ4v) is 3.21. The summed E-state index contributed by atoms with van der Waals surface area (Å²) in [5.74, 6) is -4.14. The highest BCUT2D eigenvalue weighted by Crippen LogP contribution is 2.29. The molecule has 1 aromatic carbocycles. The van der Waals surface area contributed by atoms with Crippen molar-refractivity contribution in [2.24, 2.45) is 0 Å². The van der Waals surface area contributed by atoms with Crippen molar-refractivity contribution in [2.45, 2.75) is 33.0 Å². The molecule has 182 valence electrons. The van der Waals surface area contributed by atoms with Crippen LogP contribution in [0.3, 0.4) is 0 Å². The van der Waals surface area contributed by atoms with Gasteiger partial charge in [0.1, 0.15) is 24.0 Å². The molecular formula is C23H19F4N5O3. The van der Waals surface area contributed by atoms with Gasteiger partial charge in [-0.25, -0.2) is 9.97 Å². The predicted molar refractivity (Wildman–Crippen MR) is 118 cm³/mol. The van der Waals surface area contributed by atoms with Gasteiger partial charge in [0.05, 0.1) is 5.52 Å². The number of pyridine rings is 1. The van der Waals surface area contributed by atoms with E-state index in [1.165, 1.54) is 43.5 Å². The van der Waals surface area contributed by atoms with E-state index < -0.39 is 18.4 Å². The number of rotatable bonds is 8. The van der Waals surface area contributed by atoms with Crippen LogP contribution in [0.15, 0.2) is 54.9 Å². The zero-order chi connectivity index (χ0) is 25.2. The van der Waals surface area contributed by atoms with Crippen LogP contribution in [-0.4, -0.2) is 32.0 Å². The third-order valence-electron chi connectivity index (χ3n) is 4.74. The van der Waals surface area contributed by atoms with Crippen LogP contribution >= 0.6 is 0 Å². The van der Waals surface area contributed by atoms with Gasteiger partial charge >= 0.3 is 12.5 Å². The number of nitrogens with one attached hydrogen (secondary N) is 1. The van der Waals surface area contributed by atoms with Crippen LogP contribution in [0.2, 0.25) is 0 Å². The fraction of sp³-hybridized carbons (Fsp3) is 0.217. The number of nitrogens with zero attached hydrogens (tertiary/aromatic N) is 4. The lowest BCUT2D eigenvalue weighted by Gasteiger charge is -2.14. The number of carbonyl (C=O) groups is 1. The smallest absolute Gasteiger partial charge is 0.387 e. The number of ether oxygens (including phenoxy) is 2. The second kappa shape index (κ2) is 9.57. The van der Waals surface area contributed by atoms with Crippen LogP contribution < -0.4 is 14.8 Å². The molecule has 0 unspecified atom stereocenters. The first kappa shape index (κ1) is 23.9. The summed E-state index contributed by atoms with van der Waals surface area (Å²) in [4.78, 5) is 23.4. The minimum absolute atomic E-state index is 0.0198. The minimum atomic E-state index is -3.35. The highest BCUT2D eigenvalue weighted by molar-refractivity contribution is 5.91. The average Bonchev–Trinajstić information content (AvgIpc) is 3.20. The molecule has 0 aliphatic rings. The van der Waals surface area contributed by atoms with E-state index >= 15 is 0 Å². The van der Waals surface area contributed by atoms with E-state index in [9.17, 15) is 22.4 Å². The number of halogens is 4. The number of anilines is 1. The Morgan fingerprint density at radius 1 is 1.14 bits per heavy atom. The Bertz CT molecular complexity index is 1350. The van der Waals surface area contributed by atoms with Crippen LogP contribution in [0.1, 0.15) is 25.2 Å². The van der Waals surface area contributed by atoms with Crippen molar-refractivity contribution in [1.82, 2.24) is 19.5 Å². The van der Waals surface area contributed by atoms with Crippen LogP contribution in [0.4, 0.5) is 23.4 Å². The van der Waals surface area contributed by atoms with Crippen LogP contribution in [0.25, 0.3) is 16.7 Å². The zero-order valence-corrected chi connectivity index (χ0v) is 18.5. The summed E-state index contributed by atoms with van der Waals surface area (Å²) in [6, 6.07) is 10.4. The molecule has 0 fully saturated rings. The highest BCUT2D eigenvalue weighted by Gasteiger charge is 2.30. The van der Waals surface area contributed by atoms with Gasteiger partial charge in [0.25, 0.3) is 0 Å². The van der Waals surface area contributed by atoms with E-state index in [-0.39, 0.29) is 35.8 Å². The summed E-state index contributed by atoms with van der Waals surface area (Å²) in [6.45, 7) is -0.998. The highest BCUT2D eigenvalue weighted by atomic mass is 19.3. The molecule has 1 amide bonds. The summed E-state index contributed by atoms with van der Waals surface area (Å²) in [6.07, 6.45) is 3.15. The Morgan fingerprint density at radius 3 is 2.54 bits per heavy atom. The molecule has 35 heavy (non-hydrogen) atoms. The number of alkyl halides is 4. The molecular weight excluding hydrogens is 470 g/mol. The van der Waals surface area contributed by atoms with Crippen molar-refractivity contribution < 1.29 is 31.8 Å². The molecule has 0 aliphatic heterocycles. The predicted octanol–water partition coefficient (Wildman–Crippen LogP) is 5.07. The maximum atomic E-state index is 14.2. The lowest BCUT2D eigenvalue weighted by molar-refractivity contribution is -0.114. The van der Waals surface area contributed by atoms with Gasteiger partial charge < -0.3 is 19.4 Å². The van der Waals surface area contributed by atoms with Gasteiger partial charge in [0.2, 0.25) is 17.6 Å². The Kier molecular flexibility index (Phi) is 6.54. The van der Waals surface area contributed by atoms with Gasteiger partial charge in [-0.3, -0.25) is 4.79 Å². The number of hydrogen-bond acceptors (Lipinski definition) is 6. The number of benzene rings is 1. The molecule has 0 radical (unpaired) electrons. The van der Waals surface area contributed by atoms with E-state index in [0.717, 1.165) is 0 Å². The maximum Gasteiger partial charge on any atom is 0.387 e. The van der Waals surface area contributed by atoms with Gasteiger partial charge in [0.15, 0.2) is 0 Å². The normalized spacial score (nSPS) is 11.6. The molecule has 0 saturated heterocycles. The first-order valence-electron chi connectivity index (χ1n) is 10.3. The van der Waals surface area contributed by atoms with E-state index in [1.54, 1.807) is 22.9 Å². The third kappa shape index (κ3) is 5.83. The van der Waals surface area contributed by atoms with Crippen molar-refractivity contribution >= 4 is 22.6 Å². The summed E-state index contributed by atoms with van der Waals surface area (Å²) in [7, 11) is 0. The van der Waals surface area contributed by atoms with Crippen molar-refractivity contribution in [2.75, 3.05) is 5.32 Å². The molecule has 4 rings (SSSR count). The summed E-state index contributed by atoms with van der Waals surface area (Å²) in [5, 5.41) is 3.26. The van der Waals surface area contributed by atoms with Crippen LogP contribution in [-0.2, 0) is 17.3 Å². The van der Waals surface area contributed by atoms with E-state index in [4.69, 9.17) is 4.74 Å². The molecule has 0 spiro atoms. The first-order valence-corrected chi connectivity index (χ1v) is 10.3. The number of amides is 1. The number of aromatic nitrogens is 4. The minimum Gasteiger partial charge on any atom is -0.473 e. The van der Waals surface area contributed by atoms with Crippen molar-refractivity contribution in [3.63, 3.8) is 0 Å². The van der Waals surface area contributed by atoms with Gasteiger partial charge in [-0.05, 0) is 23.8 Å². The van der Waals surface area contributed by atoms with Crippen LogP contribution in [0, 0.1) is 0 Å². The van der Waals surface area contributed by atoms with Gasteiger partial charge in [-0.1, -0.05) is 12.1 Å². The Hall–Kier alpha value is -4.22. The summed E-state index contributed by atoms with van der Waals surface area (Å²) < 4.78 is 64.4. The van der Waals surface area contributed by atoms with Gasteiger partial charge in [0, 0.05) is 43.8 Å². The molecule has 1 N–H and O–H groups in total. The standard InChI is InChI=1S/C23H19F4N5O3/c1-13(33)29-18-9-17-15(11-28-18)7-8-32(17)19-10-20(31-21(30-19)23(2,26)27)34-12-14-3-5-16(6-4-14)35-22(24)25/h3-11,22H,12H2,1-2H3,(H,28,29,33). The topological polar surface area (TPSA) is 91.2 Å². The van der Waals surface area contributed by atoms with Gasteiger partial charge in [-0.15, -0.1) is 0 Å². The SMILES string of the molecule is CC(=O)Nc1cc2c(ccn2-c2cc(OCc3ccc(OC(F)F)cc3)nc(C(C)(F)F)n2)cn1. The first-order chi connectivity index (χ1) is 16.6. The monoisotopic (exact) mass is 489 g/mol. The lowest BCUT2D eigenvalue weighted by Crippen LogP contribution is -2.15. The number of hydrogen-bond donors (Lipinski definition) is 1. The van der Waals surface area contributed by atoms with E-state index in [1.807, 2.05) is 0 Å². The molecule has 0 bridgehead atoms. The van der Waals surface area contributed by atoms with Crippen molar-refractivity contribution in [3.05, 3.63) is 66.2 Å². The number of fused-ring (bicyclic) bond motifs is 1. The number of carbonyl (C=O) groups excluding carboxylic acids is 1. The molecule has 4 aromatic rings. The summed E-state index contributed by atoms with van der Waals surface area (Å²) in [5.41, 5.74) is 1.14. The molecule has 8 nitrogen and oxygen atoms in total. The zero-order valence-electron chi connectivity index (χ0n) is 18.5. The molecule has 0 saturated carbocycles. The quantitative estimate of drug-likeness (QED) is 0.348. The van der Waals surface area contributed by atoms with E-state index in [2.05, 4.69) is 25.0 Å². The third-order valence-corrected chi connectivity index (χ3v) is 4.74. The molecule has 3 heterocycles. The van der Waals surface area contributed by atoms with E-state index in [0.29, 0.717) is 23.4 Å². The average molecular weight is 489 g/mol. The Balaban J connectivity index is 1.65. The second-order valence-corrected chi connectivity index (χ2v) is 7.58. The van der Waals surface area contributed by atoms with Crippen LogP contribution in [0.5, 0.6) is 11.6 Å². The largest absolute Gasteiger partial charge is 0.473 e. The van der Waals surface area contributed by atoms with Crippen molar-refractivity contribution in [1.29, 1.82) is 0 Å². The maximum absolute atomic E-state index is 14.2. The fourth-order valence-electron chi connectivity index (χ4n) is 3.21. The summed E-state index contributed by atoms with van der Waals surface area (Å²) >= 11 is 0. The second-order valence-electron chi connectivity index (χ2n) is 7.58. The molecule has 12 heteroatoms. The molecule has 0 aliphatic carbocycles. The Morgan fingerprint density at radius 2 is 1.89 bits per heavy atom. The molecule has 3 aromatic heterocycles. The van der Waals surface area contributed by atoms with Gasteiger partial charge in [-0.2, -0.15) is 22.5 Å².